The Balaban J connectivity index is 2.56. The molecule has 0 atom stereocenters. The largest absolute Gasteiger partial charge is 0.367 e. The third-order valence-electron chi connectivity index (χ3n) is 2.89. The van der Waals surface area contributed by atoms with Crippen molar-refractivity contribution in [2.75, 3.05) is 6.61 Å². The number of ether oxygens (including phenoxy) is 1. The lowest BCUT2D eigenvalue weighted by atomic mass is 9.82. The summed E-state index contributed by atoms with van der Waals surface area (Å²) < 4.78 is 5.73. The van der Waals surface area contributed by atoms with Crippen LogP contribution in [0.15, 0.2) is 0 Å². The van der Waals surface area contributed by atoms with Gasteiger partial charge in [-0.25, -0.2) is 0 Å². The van der Waals surface area contributed by atoms with Gasteiger partial charge in [-0.05, 0) is 26.2 Å². The minimum Gasteiger partial charge on any atom is -0.367 e. The van der Waals surface area contributed by atoms with Gasteiger partial charge in [-0.15, -0.1) is 0 Å². The van der Waals surface area contributed by atoms with Crippen molar-refractivity contribution in [3.63, 3.8) is 0 Å². The number of rotatable bonds is 4. The standard InChI is InChI=1S/C11H20O2/c1-3-9-13-11(10(2)12)7-5-4-6-8-11/h3-9H2,1-2H3. The molecule has 0 unspecified atom stereocenters. The van der Waals surface area contributed by atoms with Crippen LogP contribution in [0.3, 0.4) is 0 Å². The molecule has 2 heteroatoms. The van der Waals surface area contributed by atoms with Gasteiger partial charge in [-0.3, -0.25) is 4.79 Å². The Hall–Kier alpha value is -0.370. The van der Waals surface area contributed by atoms with E-state index in [1.807, 2.05) is 0 Å². The maximum absolute atomic E-state index is 11.5. The summed E-state index contributed by atoms with van der Waals surface area (Å²) in [6.07, 6.45) is 6.40. The van der Waals surface area contributed by atoms with Crippen molar-refractivity contribution in [1.29, 1.82) is 0 Å². The SMILES string of the molecule is CCCOC1(C(C)=O)CCCCC1. The third-order valence-corrected chi connectivity index (χ3v) is 2.89. The Kier molecular flexibility index (Phi) is 3.91. The number of carbonyl (C=O) groups excluding carboxylic acids is 1. The Morgan fingerprint density at radius 1 is 1.31 bits per heavy atom. The van der Waals surface area contributed by atoms with Crippen LogP contribution in [0.2, 0.25) is 0 Å². The highest BCUT2D eigenvalue weighted by Crippen LogP contribution is 2.32. The highest BCUT2D eigenvalue weighted by atomic mass is 16.5. The molecule has 1 aliphatic rings. The van der Waals surface area contributed by atoms with Gasteiger partial charge >= 0.3 is 0 Å². The lowest BCUT2D eigenvalue weighted by Gasteiger charge is -2.34. The minimum absolute atomic E-state index is 0.223. The number of carbonyl (C=O) groups is 1. The van der Waals surface area contributed by atoms with E-state index in [1.165, 1.54) is 6.42 Å². The van der Waals surface area contributed by atoms with Gasteiger partial charge in [0, 0.05) is 6.61 Å². The van der Waals surface area contributed by atoms with Crippen LogP contribution in [0.4, 0.5) is 0 Å². The first-order valence-corrected chi connectivity index (χ1v) is 5.36. The lowest BCUT2D eigenvalue weighted by molar-refractivity contribution is -0.147. The summed E-state index contributed by atoms with van der Waals surface area (Å²) in [6.45, 7) is 4.47. The van der Waals surface area contributed by atoms with Gasteiger partial charge in [0.05, 0.1) is 0 Å². The molecule has 0 aliphatic heterocycles. The average Bonchev–Trinajstić information content (AvgIpc) is 2.16. The smallest absolute Gasteiger partial charge is 0.161 e. The highest BCUT2D eigenvalue weighted by molar-refractivity contribution is 5.85. The molecular formula is C11H20O2. The first kappa shape index (κ1) is 10.7. The summed E-state index contributed by atoms with van der Waals surface area (Å²) in [7, 11) is 0. The zero-order valence-electron chi connectivity index (χ0n) is 8.77. The molecule has 1 saturated carbocycles. The Morgan fingerprint density at radius 2 is 1.92 bits per heavy atom. The number of ketones is 1. The molecule has 1 rings (SSSR count). The molecule has 0 saturated heterocycles. The van der Waals surface area contributed by atoms with Crippen molar-refractivity contribution in [2.45, 2.75) is 58.0 Å². The third kappa shape index (κ3) is 2.53. The Labute approximate surface area is 80.7 Å². The van der Waals surface area contributed by atoms with Gasteiger partial charge in [0.15, 0.2) is 5.78 Å². The van der Waals surface area contributed by atoms with Crippen LogP contribution in [0.1, 0.15) is 52.4 Å². The maximum Gasteiger partial charge on any atom is 0.161 e. The van der Waals surface area contributed by atoms with Crippen molar-refractivity contribution >= 4 is 5.78 Å². The lowest BCUT2D eigenvalue weighted by Crippen LogP contribution is -2.42. The fourth-order valence-corrected chi connectivity index (χ4v) is 2.02. The Bertz CT molecular complexity index is 169. The fourth-order valence-electron chi connectivity index (χ4n) is 2.02. The molecule has 0 bridgehead atoms. The van der Waals surface area contributed by atoms with Gasteiger partial charge < -0.3 is 4.74 Å². The highest BCUT2D eigenvalue weighted by Gasteiger charge is 2.37. The van der Waals surface area contributed by atoms with Crippen LogP contribution in [-0.4, -0.2) is 18.0 Å². The molecule has 0 spiro atoms. The van der Waals surface area contributed by atoms with Crippen molar-refractivity contribution in [3.8, 4) is 0 Å². The molecule has 0 radical (unpaired) electrons. The fraction of sp³-hybridized carbons (Fsp3) is 0.909. The van der Waals surface area contributed by atoms with Crippen molar-refractivity contribution in [2.24, 2.45) is 0 Å². The summed E-state index contributed by atoms with van der Waals surface area (Å²) in [4.78, 5) is 11.5. The van der Waals surface area contributed by atoms with Crippen molar-refractivity contribution in [1.82, 2.24) is 0 Å². The van der Waals surface area contributed by atoms with E-state index >= 15 is 0 Å². The van der Waals surface area contributed by atoms with Crippen LogP contribution >= 0.6 is 0 Å². The van der Waals surface area contributed by atoms with Crippen molar-refractivity contribution < 1.29 is 9.53 Å². The van der Waals surface area contributed by atoms with E-state index in [0.717, 1.165) is 38.7 Å². The average molecular weight is 184 g/mol. The molecule has 1 aliphatic carbocycles. The second-order valence-corrected chi connectivity index (χ2v) is 3.96. The summed E-state index contributed by atoms with van der Waals surface area (Å²) in [5.74, 6) is 0.223. The van der Waals surface area contributed by atoms with Gasteiger partial charge in [-0.2, -0.15) is 0 Å². The molecule has 13 heavy (non-hydrogen) atoms. The van der Waals surface area contributed by atoms with Gasteiger partial charge in [-0.1, -0.05) is 26.2 Å². The van der Waals surface area contributed by atoms with Crippen LogP contribution in [-0.2, 0) is 9.53 Å². The first-order chi connectivity index (χ1) is 6.21. The summed E-state index contributed by atoms with van der Waals surface area (Å²) in [6, 6.07) is 0. The van der Waals surface area contributed by atoms with Crippen LogP contribution in [0.5, 0.6) is 0 Å². The van der Waals surface area contributed by atoms with E-state index in [9.17, 15) is 4.79 Å². The van der Waals surface area contributed by atoms with E-state index < -0.39 is 5.60 Å². The first-order valence-electron chi connectivity index (χ1n) is 5.36. The van der Waals surface area contributed by atoms with Crippen molar-refractivity contribution in [3.05, 3.63) is 0 Å². The molecule has 0 heterocycles. The van der Waals surface area contributed by atoms with Crippen LogP contribution in [0.25, 0.3) is 0 Å². The Morgan fingerprint density at radius 3 is 2.38 bits per heavy atom. The van der Waals surface area contributed by atoms with Gasteiger partial charge in [0.2, 0.25) is 0 Å². The topological polar surface area (TPSA) is 26.3 Å². The van der Waals surface area contributed by atoms with E-state index in [1.54, 1.807) is 6.92 Å². The molecule has 0 aromatic carbocycles. The predicted octanol–water partition coefficient (Wildman–Crippen LogP) is 2.70. The zero-order valence-corrected chi connectivity index (χ0v) is 8.77. The minimum atomic E-state index is -0.408. The number of Topliss-reactive ketones (excluding diaryl/α,β-unsaturated/α-hetero) is 1. The second kappa shape index (κ2) is 4.75. The number of hydrogen-bond acceptors (Lipinski definition) is 2. The summed E-state index contributed by atoms with van der Waals surface area (Å²) in [5, 5.41) is 0. The summed E-state index contributed by atoms with van der Waals surface area (Å²) in [5.41, 5.74) is -0.408. The van der Waals surface area contributed by atoms with E-state index in [2.05, 4.69) is 6.92 Å². The molecule has 76 valence electrons. The normalized spacial score (nSPS) is 21.4. The molecular weight excluding hydrogens is 164 g/mol. The monoisotopic (exact) mass is 184 g/mol. The molecule has 2 nitrogen and oxygen atoms in total. The van der Waals surface area contributed by atoms with Crippen LogP contribution < -0.4 is 0 Å². The molecule has 0 amide bonds. The van der Waals surface area contributed by atoms with Crippen LogP contribution in [0, 0.1) is 0 Å². The predicted molar refractivity (Wildman–Crippen MR) is 52.7 cm³/mol. The van der Waals surface area contributed by atoms with E-state index in [4.69, 9.17) is 4.74 Å². The molecule has 0 N–H and O–H groups in total. The maximum atomic E-state index is 11.5. The van der Waals surface area contributed by atoms with Gasteiger partial charge in [0.25, 0.3) is 0 Å². The quantitative estimate of drug-likeness (QED) is 0.671. The van der Waals surface area contributed by atoms with Gasteiger partial charge in [0.1, 0.15) is 5.60 Å². The summed E-state index contributed by atoms with van der Waals surface area (Å²) >= 11 is 0. The van der Waals surface area contributed by atoms with E-state index in [-0.39, 0.29) is 5.78 Å². The molecule has 1 fully saturated rings. The zero-order chi connectivity index (χ0) is 9.73. The number of hydrogen-bond donors (Lipinski definition) is 0. The molecule has 0 aromatic heterocycles. The van der Waals surface area contributed by atoms with E-state index in [0.29, 0.717) is 0 Å². The molecule has 0 aromatic rings. The second-order valence-electron chi connectivity index (χ2n) is 3.96.